The number of rotatable bonds is 11. The number of allylic oxidation sites excluding steroid dienone is 2. The van der Waals surface area contributed by atoms with E-state index in [9.17, 15) is 0 Å². The molecule has 4 aromatic rings. The number of hydrogen-bond donors (Lipinski definition) is 0. The molecule has 36 heavy (non-hydrogen) atoms. The van der Waals surface area contributed by atoms with Crippen LogP contribution in [-0.4, -0.2) is 0 Å². The summed E-state index contributed by atoms with van der Waals surface area (Å²) in [6.45, 7) is 0. The quantitative estimate of drug-likeness (QED) is 0.119. The van der Waals surface area contributed by atoms with Crippen LogP contribution in [0.25, 0.3) is 12.2 Å². The Balaban J connectivity index is 1.42. The topological polar surface area (TPSA) is 0 Å². The zero-order chi connectivity index (χ0) is 25.0. The number of halogens is 2. The highest BCUT2D eigenvalue weighted by atomic mass is 79.9. The van der Waals surface area contributed by atoms with Crippen LogP contribution < -0.4 is 0 Å². The van der Waals surface area contributed by atoms with Gasteiger partial charge in [0, 0.05) is 18.7 Å². The standard InChI is InChI=1S/C32H28Br2S2/c33-27-15-19-29(20-16-27)35-31(23-25-9-3-1-4-10-25)13-7-8-14-32(24-26-11-5-2-6-12-26)36-30-21-17-28(34)18-22-30/h1-6,9-12,15-24H,7-8,13-14H2/b31-23-,32-24-. The summed E-state index contributed by atoms with van der Waals surface area (Å²) in [5.41, 5.74) is 2.51. The molecule has 0 aromatic heterocycles. The van der Waals surface area contributed by atoms with E-state index >= 15 is 0 Å². The van der Waals surface area contributed by atoms with E-state index in [4.69, 9.17) is 0 Å². The molecule has 0 spiro atoms. The van der Waals surface area contributed by atoms with Gasteiger partial charge in [-0.15, -0.1) is 0 Å². The summed E-state index contributed by atoms with van der Waals surface area (Å²) in [7, 11) is 0. The van der Waals surface area contributed by atoms with Crippen LogP contribution in [0.5, 0.6) is 0 Å². The monoisotopic (exact) mass is 634 g/mol. The Morgan fingerprint density at radius 2 is 0.861 bits per heavy atom. The van der Waals surface area contributed by atoms with Crippen molar-refractivity contribution < 1.29 is 0 Å². The Morgan fingerprint density at radius 1 is 0.500 bits per heavy atom. The lowest BCUT2D eigenvalue weighted by molar-refractivity contribution is 0.756. The van der Waals surface area contributed by atoms with Crippen LogP contribution in [0.15, 0.2) is 138 Å². The number of hydrogen-bond acceptors (Lipinski definition) is 2. The molecule has 0 aliphatic rings. The smallest absolute Gasteiger partial charge is 0.0176 e. The SMILES string of the molecule is Brc1ccc(S/C(=C\c2ccccc2)CCCC/C(=C/c2ccccc2)Sc2ccc(Br)cc2)cc1. The predicted octanol–water partition coefficient (Wildman–Crippen LogP) is 11.7. The second-order valence-electron chi connectivity index (χ2n) is 8.36. The normalized spacial score (nSPS) is 12.1. The summed E-state index contributed by atoms with van der Waals surface area (Å²) >= 11 is 10.8. The van der Waals surface area contributed by atoms with E-state index in [1.54, 1.807) is 0 Å². The maximum atomic E-state index is 3.55. The molecule has 0 bridgehead atoms. The van der Waals surface area contributed by atoms with Crippen LogP contribution >= 0.6 is 55.4 Å². The van der Waals surface area contributed by atoms with Gasteiger partial charge < -0.3 is 0 Å². The molecule has 4 rings (SSSR count). The lowest BCUT2D eigenvalue weighted by Gasteiger charge is -2.11. The first-order valence-electron chi connectivity index (χ1n) is 12.0. The van der Waals surface area contributed by atoms with Crippen LogP contribution in [0.2, 0.25) is 0 Å². The highest BCUT2D eigenvalue weighted by molar-refractivity contribution is 9.10. The molecule has 0 N–H and O–H groups in total. The van der Waals surface area contributed by atoms with Gasteiger partial charge in [0.05, 0.1) is 0 Å². The first-order valence-corrected chi connectivity index (χ1v) is 15.2. The Labute approximate surface area is 240 Å². The Kier molecular flexibility index (Phi) is 11.0. The average molecular weight is 637 g/mol. The molecular weight excluding hydrogens is 608 g/mol. The van der Waals surface area contributed by atoms with Crippen LogP contribution in [0.4, 0.5) is 0 Å². The number of benzene rings is 4. The lowest BCUT2D eigenvalue weighted by Crippen LogP contribution is -1.86. The average Bonchev–Trinajstić information content (AvgIpc) is 2.90. The summed E-state index contributed by atoms with van der Waals surface area (Å²) in [6, 6.07) is 38.5. The Hall–Kier alpha value is -1.98. The third-order valence-electron chi connectivity index (χ3n) is 5.48. The van der Waals surface area contributed by atoms with Gasteiger partial charge in [-0.05, 0) is 107 Å². The van der Waals surface area contributed by atoms with Crippen molar-refractivity contribution in [3.8, 4) is 0 Å². The van der Waals surface area contributed by atoms with Crippen LogP contribution in [-0.2, 0) is 0 Å². The first kappa shape index (κ1) is 27.1. The van der Waals surface area contributed by atoms with Gasteiger partial charge in [-0.2, -0.15) is 0 Å². The van der Waals surface area contributed by atoms with Gasteiger partial charge in [-0.3, -0.25) is 0 Å². The molecule has 0 fully saturated rings. The van der Waals surface area contributed by atoms with Gasteiger partial charge >= 0.3 is 0 Å². The first-order chi connectivity index (χ1) is 17.6. The van der Waals surface area contributed by atoms with Gasteiger partial charge in [0.2, 0.25) is 0 Å². The fourth-order valence-electron chi connectivity index (χ4n) is 3.68. The summed E-state index contributed by atoms with van der Waals surface area (Å²) in [5, 5.41) is 0. The summed E-state index contributed by atoms with van der Waals surface area (Å²) < 4.78 is 2.22. The maximum Gasteiger partial charge on any atom is 0.0176 e. The van der Waals surface area contributed by atoms with E-state index in [2.05, 4.69) is 153 Å². The van der Waals surface area contributed by atoms with Gasteiger partial charge in [0.1, 0.15) is 0 Å². The minimum Gasteiger partial charge on any atom is -0.0945 e. The highest BCUT2D eigenvalue weighted by Crippen LogP contribution is 2.35. The van der Waals surface area contributed by atoms with Crippen molar-refractivity contribution in [1.82, 2.24) is 0 Å². The van der Waals surface area contributed by atoms with Gasteiger partial charge in [-0.25, -0.2) is 0 Å². The fourth-order valence-corrected chi connectivity index (χ4v) is 6.24. The molecule has 0 nitrogen and oxygen atoms in total. The molecule has 4 heteroatoms. The predicted molar refractivity (Wildman–Crippen MR) is 167 cm³/mol. The maximum absolute atomic E-state index is 3.55. The zero-order valence-corrected chi connectivity index (χ0v) is 24.8. The molecule has 0 aliphatic carbocycles. The van der Waals surface area contributed by atoms with E-state index in [0.717, 1.165) is 34.6 Å². The third kappa shape index (κ3) is 9.48. The Bertz CT molecular complexity index is 1160. The van der Waals surface area contributed by atoms with Crippen molar-refractivity contribution in [2.75, 3.05) is 0 Å². The van der Waals surface area contributed by atoms with E-state index < -0.39 is 0 Å². The van der Waals surface area contributed by atoms with Crippen molar-refractivity contribution in [3.05, 3.63) is 139 Å². The van der Waals surface area contributed by atoms with Crippen molar-refractivity contribution in [2.24, 2.45) is 0 Å². The summed E-state index contributed by atoms with van der Waals surface area (Å²) in [6.07, 6.45) is 9.10. The number of thioether (sulfide) groups is 2. The minimum atomic E-state index is 1.07. The van der Waals surface area contributed by atoms with E-state index in [1.807, 2.05) is 23.5 Å². The largest absolute Gasteiger partial charge is 0.0945 e. The van der Waals surface area contributed by atoms with E-state index in [0.29, 0.717) is 0 Å². The molecule has 4 aromatic carbocycles. The molecular formula is C32H28Br2S2. The fraction of sp³-hybridized carbons (Fsp3) is 0.125. The van der Waals surface area contributed by atoms with Crippen molar-refractivity contribution in [2.45, 2.75) is 35.5 Å². The molecule has 0 heterocycles. The molecule has 0 atom stereocenters. The summed E-state index contributed by atoms with van der Waals surface area (Å²) in [4.78, 5) is 5.35. The van der Waals surface area contributed by atoms with Crippen molar-refractivity contribution in [1.29, 1.82) is 0 Å². The molecule has 0 saturated heterocycles. The van der Waals surface area contributed by atoms with Crippen molar-refractivity contribution in [3.63, 3.8) is 0 Å². The van der Waals surface area contributed by atoms with Crippen LogP contribution in [0, 0.1) is 0 Å². The van der Waals surface area contributed by atoms with Gasteiger partial charge in [-0.1, -0.05) is 116 Å². The third-order valence-corrected chi connectivity index (χ3v) is 8.72. The van der Waals surface area contributed by atoms with E-state index in [-0.39, 0.29) is 0 Å². The molecule has 0 amide bonds. The van der Waals surface area contributed by atoms with E-state index in [1.165, 1.54) is 30.7 Å². The number of unbranched alkanes of at least 4 members (excludes halogenated alkanes) is 1. The summed E-state index contributed by atoms with van der Waals surface area (Å²) in [5.74, 6) is 0. The second kappa shape index (κ2) is 14.7. The van der Waals surface area contributed by atoms with Gasteiger partial charge in [0.15, 0.2) is 0 Å². The van der Waals surface area contributed by atoms with Crippen molar-refractivity contribution >= 4 is 67.5 Å². The minimum absolute atomic E-state index is 1.07. The molecule has 0 radical (unpaired) electrons. The van der Waals surface area contributed by atoms with Gasteiger partial charge in [0.25, 0.3) is 0 Å². The molecule has 0 unspecified atom stereocenters. The molecule has 0 saturated carbocycles. The Morgan fingerprint density at radius 3 is 1.22 bits per heavy atom. The molecule has 182 valence electrons. The highest BCUT2D eigenvalue weighted by Gasteiger charge is 2.06. The van der Waals surface area contributed by atoms with Crippen LogP contribution in [0.1, 0.15) is 36.8 Å². The van der Waals surface area contributed by atoms with Crippen LogP contribution in [0.3, 0.4) is 0 Å². The molecule has 0 aliphatic heterocycles. The lowest BCUT2D eigenvalue weighted by atomic mass is 10.1. The second-order valence-corrected chi connectivity index (χ2v) is 12.6. The zero-order valence-electron chi connectivity index (χ0n) is 19.9.